The molecule has 0 amide bonds. The van der Waals surface area contributed by atoms with Crippen LogP contribution in [0.3, 0.4) is 0 Å². The molecule has 1 nitrogen and oxygen atoms in total. The van der Waals surface area contributed by atoms with Crippen LogP contribution in [-0.4, -0.2) is 5.11 Å². The number of hydrogen-bond donors (Lipinski definition) is 1. The SMILES string of the molecule is CCCCC1=C(O)C(C(C)C)=CC(CC)(CC)C1. The van der Waals surface area contributed by atoms with Gasteiger partial charge in [0.2, 0.25) is 0 Å². The van der Waals surface area contributed by atoms with Crippen molar-refractivity contribution >= 4 is 0 Å². The second kappa shape index (κ2) is 6.45. The number of hydrogen-bond acceptors (Lipinski definition) is 1. The third kappa shape index (κ3) is 3.18. The second-order valence-electron chi connectivity index (χ2n) is 6.06. The Balaban J connectivity index is 3.09. The predicted molar refractivity (Wildman–Crippen MR) is 79.7 cm³/mol. The summed E-state index contributed by atoms with van der Waals surface area (Å²) in [6, 6.07) is 0. The van der Waals surface area contributed by atoms with Gasteiger partial charge >= 0.3 is 0 Å². The molecule has 1 aliphatic carbocycles. The number of aliphatic hydroxyl groups is 1. The fraction of sp³-hybridized carbons (Fsp3) is 0.765. The van der Waals surface area contributed by atoms with Gasteiger partial charge in [0.25, 0.3) is 0 Å². The van der Waals surface area contributed by atoms with Crippen molar-refractivity contribution in [2.75, 3.05) is 0 Å². The molecule has 0 saturated heterocycles. The van der Waals surface area contributed by atoms with Gasteiger partial charge in [0.05, 0.1) is 0 Å². The molecule has 104 valence electrons. The average Bonchev–Trinajstić information content (AvgIpc) is 2.37. The lowest BCUT2D eigenvalue weighted by Crippen LogP contribution is -2.24. The fourth-order valence-corrected chi connectivity index (χ4v) is 2.90. The molecule has 1 rings (SSSR count). The van der Waals surface area contributed by atoms with Gasteiger partial charge in [-0.1, -0.05) is 47.1 Å². The molecule has 0 fully saturated rings. The van der Waals surface area contributed by atoms with Crippen LogP contribution in [0.1, 0.15) is 73.1 Å². The van der Waals surface area contributed by atoms with Gasteiger partial charge in [-0.2, -0.15) is 0 Å². The van der Waals surface area contributed by atoms with Crippen LogP contribution in [-0.2, 0) is 0 Å². The maximum absolute atomic E-state index is 10.5. The zero-order chi connectivity index (χ0) is 13.8. The van der Waals surface area contributed by atoms with Crippen LogP contribution in [0.5, 0.6) is 0 Å². The third-order valence-corrected chi connectivity index (χ3v) is 4.50. The van der Waals surface area contributed by atoms with Crippen LogP contribution < -0.4 is 0 Å². The molecule has 1 heteroatoms. The largest absolute Gasteiger partial charge is 0.508 e. The maximum atomic E-state index is 10.5. The Hall–Kier alpha value is -0.720. The summed E-state index contributed by atoms with van der Waals surface area (Å²) in [7, 11) is 0. The molecular formula is C17H30O. The highest BCUT2D eigenvalue weighted by molar-refractivity contribution is 5.38. The van der Waals surface area contributed by atoms with Gasteiger partial charge in [-0.05, 0) is 54.6 Å². The fourth-order valence-electron chi connectivity index (χ4n) is 2.90. The highest BCUT2D eigenvalue weighted by atomic mass is 16.3. The maximum Gasteiger partial charge on any atom is 0.117 e. The van der Waals surface area contributed by atoms with Gasteiger partial charge in [0, 0.05) is 0 Å². The zero-order valence-corrected chi connectivity index (χ0v) is 12.8. The van der Waals surface area contributed by atoms with Crippen molar-refractivity contribution < 1.29 is 5.11 Å². The molecule has 0 radical (unpaired) electrons. The Morgan fingerprint density at radius 1 is 1.22 bits per heavy atom. The summed E-state index contributed by atoms with van der Waals surface area (Å²) in [6.45, 7) is 11.1. The van der Waals surface area contributed by atoms with Crippen LogP contribution >= 0.6 is 0 Å². The van der Waals surface area contributed by atoms with Crippen molar-refractivity contribution in [2.45, 2.75) is 73.1 Å². The topological polar surface area (TPSA) is 20.2 Å². The molecule has 0 aromatic rings. The lowest BCUT2D eigenvalue weighted by molar-refractivity contribution is 0.303. The summed E-state index contributed by atoms with van der Waals surface area (Å²) < 4.78 is 0. The van der Waals surface area contributed by atoms with Crippen LogP contribution in [0, 0.1) is 11.3 Å². The molecule has 0 spiro atoms. The van der Waals surface area contributed by atoms with Crippen LogP contribution in [0.4, 0.5) is 0 Å². The molecule has 0 aromatic heterocycles. The molecule has 1 aliphatic rings. The van der Waals surface area contributed by atoms with E-state index in [4.69, 9.17) is 0 Å². The predicted octanol–water partition coefficient (Wildman–Crippen LogP) is 5.78. The average molecular weight is 250 g/mol. The molecule has 18 heavy (non-hydrogen) atoms. The highest BCUT2D eigenvalue weighted by Gasteiger charge is 2.32. The Kier molecular flexibility index (Phi) is 5.49. The number of aliphatic hydroxyl groups excluding tert-OH is 1. The first-order valence-corrected chi connectivity index (χ1v) is 7.63. The lowest BCUT2D eigenvalue weighted by atomic mass is 9.70. The van der Waals surface area contributed by atoms with Crippen molar-refractivity contribution in [3.63, 3.8) is 0 Å². The summed E-state index contributed by atoms with van der Waals surface area (Å²) in [6.07, 6.45) is 9.21. The van der Waals surface area contributed by atoms with Crippen molar-refractivity contribution in [3.8, 4) is 0 Å². The summed E-state index contributed by atoms with van der Waals surface area (Å²) in [5.41, 5.74) is 2.76. The molecule has 0 aliphatic heterocycles. The Morgan fingerprint density at radius 3 is 2.28 bits per heavy atom. The zero-order valence-electron chi connectivity index (χ0n) is 12.8. The quantitative estimate of drug-likeness (QED) is 0.633. The van der Waals surface area contributed by atoms with Crippen molar-refractivity contribution in [2.24, 2.45) is 11.3 Å². The molecule has 0 aromatic carbocycles. The van der Waals surface area contributed by atoms with Gasteiger partial charge in [-0.25, -0.2) is 0 Å². The van der Waals surface area contributed by atoms with E-state index in [9.17, 15) is 5.11 Å². The smallest absolute Gasteiger partial charge is 0.117 e. The Labute approximate surface area is 113 Å². The summed E-state index contributed by atoms with van der Waals surface area (Å²) in [5, 5.41) is 10.5. The number of rotatable bonds is 6. The van der Waals surface area contributed by atoms with E-state index in [2.05, 4.69) is 40.7 Å². The van der Waals surface area contributed by atoms with E-state index >= 15 is 0 Å². The minimum atomic E-state index is 0.287. The summed E-state index contributed by atoms with van der Waals surface area (Å²) in [4.78, 5) is 0. The van der Waals surface area contributed by atoms with Crippen LogP contribution in [0.25, 0.3) is 0 Å². The van der Waals surface area contributed by atoms with Crippen molar-refractivity contribution in [1.29, 1.82) is 0 Å². The first-order valence-electron chi connectivity index (χ1n) is 7.63. The van der Waals surface area contributed by atoms with E-state index < -0.39 is 0 Å². The Bertz CT molecular complexity index is 330. The number of allylic oxidation sites excluding steroid dienone is 3. The highest BCUT2D eigenvalue weighted by Crippen LogP contribution is 2.45. The monoisotopic (exact) mass is 250 g/mol. The van der Waals surface area contributed by atoms with Gasteiger partial charge in [0.1, 0.15) is 5.76 Å². The van der Waals surface area contributed by atoms with Crippen molar-refractivity contribution in [1.82, 2.24) is 0 Å². The molecule has 0 atom stereocenters. The molecule has 0 saturated carbocycles. The minimum absolute atomic E-state index is 0.287. The van der Waals surface area contributed by atoms with Crippen molar-refractivity contribution in [3.05, 3.63) is 23.0 Å². The molecular weight excluding hydrogens is 220 g/mol. The first-order chi connectivity index (χ1) is 8.49. The van der Waals surface area contributed by atoms with E-state index in [1.54, 1.807) is 0 Å². The molecule has 0 heterocycles. The summed E-state index contributed by atoms with van der Waals surface area (Å²) >= 11 is 0. The van der Waals surface area contributed by atoms with E-state index in [-0.39, 0.29) is 5.41 Å². The molecule has 0 bridgehead atoms. The number of unbranched alkanes of at least 4 members (excludes halogenated alkanes) is 1. The van der Waals surface area contributed by atoms with E-state index in [0.29, 0.717) is 11.7 Å². The second-order valence-corrected chi connectivity index (χ2v) is 6.06. The summed E-state index contributed by atoms with van der Waals surface area (Å²) in [5.74, 6) is 1.02. The van der Waals surface area contributed by atoms with Gasteiger partial charge < -0.3 is 5.11 Å². The normalized spacial score (nSPS) is 19.3. The van der Waals surface area contributed by atoms with Gasteiger partial charge in [0.15, 0.2) is 0 Å². The van der Waals surface area contributed by atoms with E-state index in [1.165, 1.54) is 36.8 Å². The molecule has 1 N–H and O–H groups in total. The first kappa shape index (κ1) is 15.3. The minimum Gasteiger partial charge on any atom is -0.508 e. The van der Waals surface area contributed by atoms with Gasteiger partial charge in [-0.15, -0.1) is 0 Å². The Morgan fingerprint density at radius 2 is 1.83 bits per heavy atom. The van der Waals surface area contributed by atoms with Gasteiger partial charge in [-0.3, -0.25) is 0 Å². The van der Waals surface area contributed by atoms with Crippen LogP contribution in [0.2, 0.25) is 0 Å². The third-order valence-electron chi connectivity index (χ3n) is 4.50. The van der Waals surface area contributed by atoms with Crippen LogP contribution in [0.15, 0.2) is 23.0 Å². The molecule has 0 unspecified atom stereocenters. The standard InChI is InChI=1S/C17H30O/c1-6-9-10-14-11-17(7-2,8-3)12-15(13(4)5)16(14)18/h12-13,18H,6-11H2,1-5H3. The van der Waals surface area contributed by atoms with E-state index in [0.717, 1.165) is 12.8 Å². The van der Waals surface area contributed by atoms with E-state index in [1.807, 2.05) is 0 Å². The lowest BCUT2D eigenvalue weighted by Gasteiger charge is -2.36.